The molecule has 0 unspecified atom stereocenters. The van der Waals surface area contributed by atoms with Crippen molar-refractivity contribution in [3.05, 3.63) is 58.9 Å². The Kier molecular flexibility index (Phi) is 3.23. The van der Waals surface area contributed by atoms with Crippen molar-refractivity contribution in [3.8, 4) is 17.1 Å². The molecule has 0 spiro atoms. The number of thiazole rings is 1. The fraction of sp³-hybridized carbons (Fsp3) is 0.167. The molecule has 4 nitrogen and oxygen atoms in total. The van der Waals surface area contributed by atoms with E-state index in [2.05, 4.69) is 65.3 Å². The van der Waals surface area contributed by atoms with Gasteiger partial charge < -0.3 is 0 Å². The van der Waals surface area contributed by atoms with Crippen molar-refractivity contribution in [1.82, 2.24) is 19.7 Å². The van der Waals surface area contributed by atoms with Crippen LogP contribution in [0, 0.1) is 20.8 Å². The van der Waals surface area contributed by atoms with Gasteiger partial charge in [-0.05, 0) is 50.1 Å². The summed E-state index contributed by atoms with van der Waals surface area (Å²) in [5.74, 6) is 0.843. The maximum Gasteiger partial charge on any atom is 0.163 e. The van der Waals surface area contributed by atoms with Crippen LogP contribution in [0.15, 0.2) is 42.7 Å². The maximum absolute atomic E-state index is 4.58. The van der Waals surface area contributed by atoms with E-state index in [9.17, 15) is 0 Å². The number of para-hydroxylation sites is 1. The van der Waals surface area contributed by atoms with E-state index in [0.717, 1.165) is 27.6 Å². The van der Waals surface area contributed by atoms with Crippen LogP contribution in [-0.4, -0.2) is 19.7 Å². The molecule has 5 heteroatoms. The van der Waals surface area contributed by atoms with Crippen LogP contribution in [0.25, 0.3) is 27.3 Å². The van der Waals surface area contributed by atoms with Crippen LogP contribution in [0.4, 0.5) is 0 Å². The minimum absolute atomic E-state index is 0.843. The van der Waals surface area contributed by atoms with Crippen LogP contribution >= 0.6 is 11.3 Å². The molecule has 0 saturated carbocycles. The van der Waals surface area contributed by atoms with Crippen LogP contribution in [0.2, 0.25) is 0 Å². The van der Waals surface area contributed by atoms with Crippen LogP contribution in [-0.2, 0) is 0 Å². The third kappa shape index (κ3) is 2.33. The second-order valence-electron chi connectivity index (χ2n) is 5.65. The maximum atomic E-state index is 4.58. The van der Waals surface area contributed by atoms with E-state index in [0.29, 0.717) is 0 Å². The molecular weight excluding hydrogens is 304 g/mol. The molecule has 4 aromatic rings. The van der Waals surface area contributed by atoms with Crippen molar-refractivity contribution in [2.75, 3.05) is 0 Å². The second kappa shape index (κ2) is 5.28. The van der Waals surface area contributed by atoms with Gasteiger partial charge in [-0.25, -0.2) is 14.6 Å². The minimum atomic E-state index is 0.843. The van der Waals surface area contributed by atoms with Crippen LogP contribution in [0.1, 0.15) is 16.1 Å². The van der Waals surface area contributed by atoms with Crippen LogP contribution in [0.3, 0.4) is 0 Å². The number of hydrogen-bond acceptors (Lipinski definition) is 4. The first-order valence-corrected chi connectivity index (χ1v) is 8.29. The SMILES string of the molecule is Cc1nc2cc(-c3ncnn3-c3c(C)cccc3C)ccc2s1. The third-order valence-electron chi connectivity index (χ3n) is 3.95. The number of nitrogens with zero attached hydrogens (tertiary/aromatic N) is 4. The van der Waals surface area contributed by atoms with E-state index in [1.54, 1.807) is 17.7 Å². The van der Waals surface area contributed by atoms with Crippen molar-refractivity contribution in [2.24, 2.45) is 0 Å². The molecule has 2 aromatic heterocycles. The molecule has 23 heavy (non-hydrogen) atoms. The average molecular weight is 320 g/mol. The molecule has 0 amide bonds. The number of aryl methyl sites for hydroxylation is 3. The Morgan fingerprint density at radius 2 is 1.78 bits per heavy atom. The lowest BCUT2D eigenvalue weighted by molar-refractivity contribution is 0.871. The lowest BCUT2D eigenvalue weighted by Crippen LogP contribution is -2.04. The van der Waals surface area contributed by atoms with Gasteiger partial charge in [-0.3, -0.25) is 0 Å². The molecule has 2 heterocycles. The molecule has 0 saturated heterocycles. The lowest BCUT2D eigenvalue weighted by atomic mass is 10.1. The molecule has 0 radical (unpaired) electrons. The first-order chi connectivity index (χ1) is 11.1. The van der Waals surface area contributed by atoms with Crippen molar-refractivity contribution in [1.29, 1.82) is 0 Å². The number of hydrogen-bond donors (Lipinski definition) is 0. The first kappa shape index (κ1) is 14.1. The molecule has 0 bridgehead atoms. The molecule has 0 aliphatic heterocycles. The smallest absolute Gasteiger partial charge is 0.163 e. The highest BCUT2D eigenvalue weighted by atomic mass is 32.1. The standard InChI is InChI=1S/C18H16N4S/c1-11-5-4-6-12(2)17(11)22-18(19-10-20-22)14-7-8-16-15(9-14)21-13(3)23-16/h4-10H,1-3H3. The van der Waals surface area contributed by atoms with Gasteiger partial charge in [-0.2, -0.15) is 5.10 Å². The molecule has 2 aromatic carbocycles. The van der Waals surface area contributed by atoms with Crippen molar-refractivity contribution in [3.63, 3.8) is 0 Å². The van der Waals surface area contributed by atoms with E-state index in [1.807, 2.05) is 11.6 Å². The summed E-state index contributed by atoms with van der Waals surface area (Å²) in [6.07, 6.45) is 1.61. The van der Waals surface area contributed by atoms with Gasteiger partial charge in [0.05, 0.1) is 20.9 Å². The largest absolute Gasteiger partial charge is 0.241 e. The fourth-order valence-corrected chi connectivity index (χ4v) is 3.73. The van der Waals surface area contributed by atoms with Gasteiger partial charge >= 0.3 is 0 Å². The zero-order valence-electron chi connectivity index (χ0n) is 13.2. The van der Waals surface area contributed by atoms with E-state index < -0.39 is 0 Å². The van der Waals surface area contributed by atoms with Gasteiger partial charge in [0.15, 0.2) is 5.82 Å². The summed E-state index contributed by atoms with van der Waals surface area (Å²) in [4.78, 5) is 9.07. The Morgan fingerprint density at radius 3 is 2.57 bits per heavy atom. The lowest BCUT2D eigenvalue weighted by Gasteiger charge is -2.12. The van der Waals surface area contributed by atoms with Gasteiger partial charge in [0.1, 0.15) is 6.33 Å². The highest BCUT2D eigenvalue weighted by Gasteiger charge is 2.14. The minimum Gasteiger partial charge on any atom is -0.241 e. The summed E-state index contributed by atoms with van der Waals surface area (Å²) in [6.45, 7) is 6.23. The molecule has 0 aliphatic carbocycles. The van der Waals surface area contributed by atoms with E-state index in [1.165, 1.54) is 15.8 Å². The Hall–Kier alpha value is -2.53. The van der Waals surface area contributed by atoms with Crippen molar-refractivity contribution in [2.45, 2.75) is 20.8 Å². The Bertz CT molecular complexity index is 993. The van der Waals surface area contributed by atoms with Gasteiger partial charge in [-0.15, -0.1) is 11.3 Å². The summed E-state index contributed by atoms with van der Waals surface area (Å²) < 4.78 is 3.12. The Balaban J connectivity index is 1.91. The van der Waals surface area contributed by atoms with Gasteiger partial charge in [-0.1, -0.05) is 18.2 Å². The fourth-order valence-electron chi connectivity index (χ4n) is 2.92. The Morgan fingerprint density at radius 1 is 1.00 bits per heavy atom. The quantitative estimate of drug-likeness (QED) is 0.547. The third-order valence-corrected chi connectivity index (χ3v) is 4.90. The van der Waals surface area contributed by atoms with Crippen LogP contribution < -0.4 is 0 Å². The molecule has 114 valence electrons. The number of rotatable bonds is 2. The zero-order chi connectivity index (χ0) is 16.0. The molecule has 0 fully saturated rings. The summed E-state index contributed by atoms with van der Waals surface area (Å²) >= 11 is 1.71. The van der Waals surface area contributed by atoms with E-state index in [4.69, 9.17) is 0 Å². The summed E-state index contributed by atoms with van der Waals surface area (Å²) in [5.41, 5.74) is 5.50. The molecule has 0 atom stereocenters. The first-order valence-electron chi connectivity index (χ1n) is 7.47. The highest BCUT2D eigenvalue weighted by molar-refractivity contribution is 7.18. The highest BCUT2D eigenvalue weighted by Crippen LogP contribution is 2.29. The van der Waals surface area contributed by atoms with E-state index in [-0.39, 0.29) is 0 Å². The summed E-state index contributed by atoms with van der Waals surface area (Å²) in [6, 6.07) is 12.6. The Labute approximate surface area is 138 Å². The number of aromatic nitrogens is 4. The number of fused-ring (bicyclic) bond motifs is 1. The summed E-state index contributed by atoms with van der Waals surface area (Å²) in [5, 5.41) is 5.53. The monoisotopic (exact) mass is 320 g/mol. The predicted molar refractivity (Wildman–Crippen MR) is 94.2 cm³/mol. The number of benzene rings is 2. The topological polar surface area (TPSA) is 43.6 Å². The second-order valence-corrected chi connectivity index (χ2v) is 6.89. The van der Waals surface area contributed by atoms with E-state index >= 15 is 0 Å². The molecule has 4 rings (SSSR count). The van der Waals surface area contributed by atoms with Gasteiger partial charge in [0, 0.05) is 5.56 Å². The van der Waals surface area contributed by atoms with Gasteiger partial charge in [0.25, 0.3) is 0 Å². The normalized spacial score (nSPS) is 11.3. The van der Waals surface area contributed by atoms with Gasteiger partial charge in [0.2, 0.25) is 0 Å². The predicted octanol–water partition coefficient (Wildman–Crippen LogP) is 4.47. The molecular formula is C18H16N4S. The zero-order valence-corrected chi connectivity index (χ0v) is 14.1. The molecule has 0 aliphatic rings. The van der Waals surface area contributed by atoms with Crippen molar-refractivity contribution < 1.29 is 0 Å². The van der Waals surface area contributed by atoms with Crippen molar-refractivity contribution >= 4 is 21.6 Å². The molecule has 0 N–H and O–H groups in total. The summed E-state index contributed by atoms with van der Waals surface area (Å²) in [7, 11) is 0. The van der Waals surface area contributed by atoms with Crippen LogP contribution in [0.5, 0.6) is 0 Å². The average Bonchev–Trinajstić information content (AvgIpc) is 3.11.